The highest BCUT2D eigenvalue weighted by Gasteiger charge is 2.30. The molecule has 1 fully saturated rings. The number of esters is 1. The highest BCUT2D eigenvalue weighted by Crippen LogP contribution is 2.26. The van der Waals surface area contributed by atoms with E-state index in [0.29, 0.717) is 12.8 Å². The van der Waals surface area contributed by atoms with Crippen LogP contribution < -0.4 is 5.32 Å². The Labute approximate surface area is 129 Å². The van der Waals surface area contributed by atoms with Gasteiger partial charge in [0.2, 0.25) is 0 Å². The van der Waals surface area contributed by atoms with E-state index < -0.39 is 9.84 Å². The maximum Gasteiger partial charge on any atom is 0.327 e. The van der Waals surface area contributed by atoms with Crippen LogP contribution in [0.2, 0.25) is 0 Å². The first-order valence-electron chi connectivity index (χ1n) is 7.54. The Morgan fingerprint density at radius 2 is 2.32 bits per heavy atom. The molecule has 0 aromatic carbocycles. The van der Waals surface area contributed by atoms with E-state index in [4.69, 9.17) is 4.74 Å². The third-order valence-corrected chi connectivity index (χ3v) is 6.24. The van der Waals surface area contributed by atoms with Crippen LogP contribution in [0.5, 0.6) is 0 Å². The monoisotopic (exact) mass is 327 g/mol. The van der Waals surface area contributed by atoms with Gasteiger partial charge in [-0.3, -0.25) is 9.48 Å². The van der Waals surface area contributed by atoms with Crippen LogP contribution in [0.4, 0.5) is 0 Å². The molecule has 0 saturated carbocycles. The Kier molecular flexibility index (Phi) is 4.22. The van der Waals surface area contributed by atoms with Crippen molar-refractivity contribution in [3.63, 3.8) is 0 Å². The molecule has 1 unspecified atom stereocenters. The van der Waals surface area contributed by atoms with Gasteiger partial charge in [0.05, 0.1) is 24.3 Å². The topological polar surface area (TPSA) is 90.3 Å². The molecule has 1 aromatic rings. The van der Waals surface area contributed by atoms with Crippen LogP contribution in [0.3, 0.4) is 0 Å². The molecule has 1 saturated heterocycles. The highest BCUT2D eigenvalue weighted by atomic mass is 32.2. The van der Waals surface area contributed by atoms with Gasteiger partial charge in [-0.2, -0.15) is 5.10 Å². The van der Waals surface area contributed by atoms with Gasteiger partial charge in [0.1, 0.15) is 6.54 Å². The number of rotatable bonds is 4. The first kappa shape index (κ1) is 15.5. The fraction of sp³-hybridized carbons (Fsp3) is 0.714. The average Bonchev–Trinajstić information content (AvgIpc) is 3.00. The van der Waals surface area contributed by atoms with Gasteiger partial charge in [0, 0.05) is 30.8 Å². The summed E-state index contributed by atoms with van der Waals surface area (Å²) in [4.78, 5) is 11.5. The second-order valence-corrected chi connectivity index (χ2v) is 8.23. The maximum atomic E-state index is 11.6. The smallest absolute Gasteiger partial charge is 0.327 e. The summed E-state index contributed by atoms with van der Waals surface area (Å²) >= 11 is 0. The number of nitrogens with zero attached hydrogens (tertiary/aromatic N) is 2. The summed E-state index contributed by atoms with van der Waals surface area (Å²) in [6.07, 6.45) is 2.19. The summed E-state index contributed by atoms with van der Waals surface area (Å²) in [5.41, 5.74) is 3.12. The van der Waals surface area contributed by atoms with E-state index in [2.05, 4.69) is 10.4 Å². The van der Waals surface area contributed by atoms with E-state index in [1.807, 2.05) is 0 Å². The van der Waals surface area contributed by atoms with Gasteiger partial charge in [-0.05, 0) is 18.8 Å². The predicted octanol–water partition coefficient (Wildman–Crippen LogP) is -0.321. The lowest BCUT2D eigenvalue weighted by Gasteiger charge is -2.15. The van der Waals surface area contributed by atoms with Crippen molar-refractivity contribution < 1.29 is 17.9 Å². The van der Waals surface area contributed by atoms with Gasteiger partial charge >= 0.3 is 5.97 Å². The van der Waals surface area contributed by atoms with Crippen LogP contribution in [0.25, 0.3) is 0 Å². The molecule has 1 N–H and O–H groups in total. The van der Waals surface area contributed by atoms with Crippen LogP contribution in [0.15, 0.2) is 0 Å². The molecule has 0 radical (unpaired) electrons. The molecule has 1 atom stereocenters. The molecule has 8 heteroatoms. The highest BCUT2D eigenvalue weighted by molar-refractivity contribution is 7.91. The van der Waals surface area contributed by atoms with Gasteiger partial charge in [-0.25, -0.2) is 8.42 Å². The van der Waals surface area contributed by atoms with Gasteiger partial charge in [-0.15, -0.1) is 0 Å². The van der Waals surface area contributed by atoms with Gasteiger partial charge in [0.25, 0.3) is 0 Å². The number of nitrogens with one attached hydrogen (secondary N) is 1. The molecule has 0 aliphatic carbocycles. The van der Waals surface area contributed by atoms with E-state index in [9.17, 15) is 13.2 Å². The number of carbonyl (C=O) groups is 1. The lowest BCUT2D eigenvalue weighted by atomic mass is 9.98. The third-order valence-electron chi connectivity index (χ3n) is 4.41. The zero-order valence-electron chi connectivity index (χ0n) is 12.7. The van der Waals surface area contributed by atoms with Crippen LogP contribution >= 0.6 is 0 Å². The van der Waals surface area contributed by atoms with Crippen molar-refractivity contribution in [2.75, 3.05) is 25.2 Å². The molecule has 2 aliphatic heterocycles. The van der Waals surface area contributed by atoms with E-state index in [1.54, 1.807) is 4.68 Å². The third kappa shape index (κ3) is 3.17. The van der Waals surface area contributed by atoms with Gasteiger partial charge in [-0.1, -0.05) is 0 Å². The van der Waals surface area contributed by atoms with Crippen molar-refractivity contribution >= 4 is 15.8 Å². The van der Waals surface area contributed by atoms with Crippen molar-refractivity contribution in [2.45, 2.75) is 32.4 Å². The SMILES string of the molecule is COC(=O)Cn1nc(CC2CCS(=O)(=O)C2)c2c1CCNC2. The number of sulfone groups is 1. The molecule has 0 spiro atoms. The van der Waals surface area contributed by atoms with Gasteiger partial charge < -0.3 is 10.1 Å². The van der Waals surface area contributed by atoms with Crippen LogP contribution in [0.1, 0.15) is 23.4 Å². The van der Waals surface area contributed by atoms with E-state index in [-0.39, 0.29) is 29.9 Å². The molecule has 7 nitrogen and oxygen atoms in total. The maximum absolute atomic E-state index is 11.6. The van der Waals surface area contributed by atoms with E-state index >= 15 is 0 Å². The minimum absolute atomic E-state index is 0.113. The Bertz CT molecular complexity index is 681. The van der Waals surface area contributed by atoms with Crippen molar-refractivity contribution in [1.82, 2.24) is 15.1 Å². The van der Waals surface area contributed by atoms with Crippen molar-refractivity contribution in [3.8, 4) is 0 Å². The zero-order valence-corrected chi connectivity index (χ0v) is 13.5. The molecule has 0 bridgehead atoms. The summed E-state index contributed by atoms with van der Waals surface area (Å²) in [5, 5.41) is 7.89. The second-order valence-electron chi connectivity index (χ2n) is 6.01. The Morgan fingerprint density at radius 3 is 3.00 bits per heavy atom. The Morgan fingerprint density at radius 1 is 1.50 bits per heavy atom. The summed E-state index contributed by atoms with van der Waals surface area (Å²) in [6.45, 7) is 1.70. The number of ether oxygens (including phenoxy) is 1. The predicted molar refractivity (Wildman–Crippen MR) is 80.1 cm³/mol. The minimum atomic E-state index is -2.88. The Balaban J connectivity index is 1.83. The van der Waals surface area contributed by atoms with E-state index in [1.165, 1.54) is 7.11 Å². The molecule has 3 heterocycles. The van der Waals surface area contributed by atoms with Crippen LogP contribution in [-0.4, -0.2) is 49.3 Å². The molecular weight excluding hydrogens is 306 g/mol. The molecule has 0 amide bonds. The Hall–Kier alpha value is -1.41. The summed E-state index contributed by atoms with van der Waals surface area (Å²) in [6, 6.07) is 0. The quantitative estimate of drug-likeness (QED) is 0.762. The van der Waals surface area contributed by atoms with Crippen molar-refractivity contribution in [3.05, 3.63) is 17.0 Å². The second kappa shape index (κ2) is 6.00. The summed E-state index contributed by atoms with van der Waals surface area (Å²) in [5.74, 6) is 0.344. The van der Waals surface area contributed by atoms with Crippen molar-refractivity contribution in [2.24, 2.45) is 5.92 Å². The van der Waals surface area contributed by atoms with Gasteiger partial charge in [0.15, 0.2) is 9.84 Å². The number of methoxy groups -OCH3 is 1. The molecule has 3 rings (SSSR count). The molecule has 2 aliphatic rings. The first-order chi connectivity index (χ1) is 10.5. The number of carbonyl (C=O) groups excluding carboxylic acids is 1. The lowest BCUT2D eigenvalue weighted by molar-refractivity contribution is -0.141. The largest absolute Gasteiger partial charge is 0.468 e. The lowest BCUT2D eigenvalue weighted by Crippen LogP contribution is -2.26. The zero-order chi connectivity index (χ0) is 15.7. The molecule has 122 valence electrons. The van der Waals surface area contributed by atoms with Crippen molar-refractivity contribution in [1.29, 1.82) is 0 Å². The fourth-order valence-corrected chi connectivity index (χ4v) is 5.14. The molecule has 1 aromatic heterocycles. The minimum Gasteiger partial charge on any atom is -0.468 e. The molecular formula is C14H21N3O4S. The van der Waals surface area contributed by atoms with Crippen LogP contribution in [0, 0.1) is 5.92 Å². The standard InChI is InChI=1S/C14H21N3O4S/c1-21-14(18)8-17-13-2-4-15-7-11(13)12(16-17)6-10-3-5-22(19,20)9-10/h10,15H,2-9H2,1H3. The fourth-order valence-electron chi connectivity index (χ4n) is 3.28. The number of hydrogen-bond donors (Lipinski definition) is 1. The average molecular weight is 327 g/mol. The normalized spacial score (nSPS) is 23.2. The number of hydrogen-bond acceptors (Lipinski definition) is 6. The number of aromatic nitrogens is 2. The molecule has 22 heavy (non-hydrogen) atoms. The van der Waals surface area contributed by atoms with E-state index in [0.717, 1.165) is 36.5 Å². The summed E-state index contributed by atoms with van der Waals surface area (Å²) < 4.78 is 29.7. The number of fused-ring (bicyclic) bond motifs is 1. The first-order valence-corrected chi connectivity index (χ1v) is 9.36. The van der Waals surface area contributed by atoms with Crippen LogP contribution in [-0.2, 0) is 45.3 Å². The summed E-state index contributed by atoms with van der Waals surface area (Å²) in [7, 11) is -1.51.